The van der Waals surface area contributed by atoms with Crippen LogP contribution in [-0.4, -0.2) is 11.7 Å². The zero-order chi connectivity index (χ0) is 18.7. The van der Waals surface area contributed by atoms with E-state index in [2.05, 4.69) is 0 Å². The minimum atomic E-state index is -2.34. The van der Waals surface area contributed by atoms with Gasteiger partial charge in [0.2, 0.25) is 11.7 Å². The standard InChI is InChI=1S/C14H7F7N2OS/c15-5-1-2-6(16)7(3-5)25-4-8(24)22-23-14-12(20)10(18)9(17)11(19)13(14)21/h1-3,23H,4H2,(H,22,24). The highest BCUT2D eigenvalue weighted by Crippen LogP contribution is 2.26. The molecule has 3 nitrogen and oxygen atoms in total. The Balaban J connectivity index is 2.02. The fourth-order valence-corrected chi connectivity index (χ4v) is 2.37. The van der Waals surface area contributed by atoms with Crippen LogP contribution in [0.1, 0.15) is 0 Å². The first-order chi connectivity index (χ1) is 11.7. The first-order valence-electron chi connectivity index (χ1n) is 6.36. The smallest absolute Gasteiger partial charge is 0.248 e. The molecule has 1 amide bonds. The molecular formula is C14H7F7N2OS. The second-order valence-corrected chi connectivity index (χ2v) is 5.50. The fourth-order valence-electron chi connectivity index (χ4n) is 1.61. The van der Waals surface area contributed by atoms with Crippen LogP contribution in [0.2, 0.25) is 0 Å². The molecule has 0 saturated heterocycles. The van der Waals surface area contributed by atoms with Gasteiger partial charge in [-0.1, -0.05) is 0 Å². The maximum Gasteiger partial charge on any atom is 0.248 e. The lowest BCUT2D eigenvalue weighted by Crippen LogP contribution is -2.32. The molecule has 0 heterocycles. The van der Waals surface area contributed by atoms with Crippen LogP contribution in [0.15, 0.2) is 23.1 Å². The molecule has 0 fully saturated rings. The third-order valence-electron chi connectivity index (χ3n) is 2.79. The van der Waals surface area contributed by atoms with E-state index < -0.39 is 58.1 Å². The van der Waals surface area contributed by atoms with E-state index in [-0.39, 0.29) is 4.90 Å². The lowest BCUT2D eigenvalue weighted by molar-refractivity contribution is -0.118. The number of carbonyl (C=O) groups is 1. The number of rotatable bonds is 5. The summed E-state index contributed by atoms with van der Waals surface area (Å²) in [4.78, 5) is 11.3. The van der Waals surface area contributed by atoms with Crippen LogP contribution in [0.4, 0.5) is 36.4 Å². The van der Waals surface area contributed by atoms with Crippen LogP contribution in [0.25, 0.3) is 0 Å². The van der Waals surface area contributed by atoms with Crippen molar-refractivity contribution >= 4 is 23.4 Å². The molecule has 0 aliphatic rings. The third-order valence-corrected chi connectivity index (χ3v) is 3.82. The van der Waals surface area contributed by atoms with Gasteiger partial charge in [-0.2, -0.15) is 0 Å². The number of hydrazine groups is 1. The van der Waals surface area contributed by atoms with E-state index in [1.54, 1.807) is 10.9 Å². The van der Waals surface area contributed by atoms with Gasteiger partial charge in [0.1, 0.15) is 17.3 Å². The number of hydrogen-bond acceptors (Lipinski definition) is 3. The molecule has 2 aromatic rings. The molecule has 0 spiro atoms. The molecule has 25 heavy (non-hydrogen) atoms. The highest BCUT2D eigenvalue weighted by molar-refractivity contribution is 8.00. The van der Waals surface area contributed by atoms with Crippen molar-refractivity contribution in [2.24, 2.45) is 0 Å². The third kappa shape index (κ3) is 4.16. The van der Waals surface area contributed by atoms with Crippen molar-refractivity contribution in [1.29, 1.82) is 0 Å². The van der Waals surface area contributed by atoms with Gasteiger partial charge >= 0.3 is 0 Å². The second-order valence-electron chi connectivity index (χ2n) is 4.48. The normalized spacial score (nSPS) is 10.7. The average molecular weight is 384 g/mol. The predicted molar refractivity (Wildman–Crippen MR) is 75.1 cm³/mol. The Bertz CT molecular complexity index is 802. The average Bonchev–Trinajstić information content (AvgIpc) is 2.59. The Kier molecular flexibility index (Phi) is 5.77. The molecule has 0 aliphatic carbocycles. The number of thioether (sulfide) groups is 1. The highest BCUT2D eigenvalue weighted by atomic mass is 32.2. The Hall–Kier alpha value is -2.43. The molecule has 0 atom stereocenters. The van der Waals surface area contributed by atoms with Crippen molar-refractivity contribution in [3.63, 3.8) is 0 Å². The Morgan fingerprint density at radius 3 is 2.04 bits per heavy atom. The van der Waals surface area contributed by atoms with Gasteiger partial charge in [-0.05, 0) is 18.2 Å². The molecule has 2 aromatic carbocycles. The quantitative estimate of drug-likeness (QED) is 0.270. The molecule has 2 N–H and O–H groups in total. The van der Waals surface area contributed by atoms with E-state index in [1.807, 2.05) is 0 Å². The van der Waals surface area contributed by atoms with Gasteiger partial charge in [-0.15, -0.1) is 11.8 Å². The fraction of sp³-hybridized carbons (Fsp3) is 0.0714. The number of hydrogen-bond donors (Lipinski definition) is 2. The monoisotopic (exact) mass is 384 g/mol. The molecule has 2 rings (SSSR count). The molecule has 134 valence electrons. The van der Waals surface area contributed by atoms with Crippen molar-refractivity contribution in [3.05, 3.63) is 58.9 Å². The van der Waals surface area contributed by atoms with Crippen molar-refractivity contribution in [2.75, 3.05) is 11.2 Å². The summed E-state index contributed by atoms with van der Waals surface area (Å²) in [6, 6.07) is 2.53. The summed E-state index contributed by atoms with van der Waals surface area (Å²) in [5, 5.41) is 0. The van der Waals surface area contributed by atoms with Gasteiger partial charge in [0, 0.05) is 4.90 Å². The molecule has 0 saturated carbocycles. The molecule has 0 unspecified atom stereocenters. The lowest BCUT2D eigenvalue weighted by atomic mass is 10.2. The zero-order valence-corrected chi connectivity index (χ0v) is 12.7. The number of halogens is 7. The van der Waals surface area contributed by atoms with Crippen LogP contribution in [0, 0.1) is 40.7 Å². The van der Waals surface area contributed by atoms with E-state index in [0.29, 0.717) is 11.8 Å². The maximum absolute atomic E-state index is 13.4. The molecule has 0 bridgehead atoms. The predicted octanol–water partition coefficient (Wildman–Crippen LogP) is 3.90. The number of amides is 1. The van der Waals surface area contributed by atoms with Crippen LogP contribution >= 0.6 is 11.8 Å². The van der Waals surface area contributed by atoms with Crippen LogP contribution in [0.3, 0.4) is 0 Å². The Morgan fingerprint density at radius 1 is 0.880 bits per heavy atom. The van der Waals surface area contributed by atoms with Crippen LogP contribution in [-0.2, 0) is 4.79 Å². The van der Waals surface area contributed by atoms with Gasteiger partial charge in [-0.3, -0.25) is 15.6 Å². The van der Waals surface area contributed by atoms with Gasteiger partial charge in [0.05, 0.1) is 5.75 Å². The molecule has 0 aromatic heterocycles. The summed E-state index contributed by atoms with van der Waals surface area (Å²) in [6.45, 7) is 0. The molecule has 0 aliphatic heterocycles. The zero-order valence-electron chi connectivity index (χ0n) is 11.9. The summed E-state index contributed by atoms with van der Waals surface area (Å²) in [5.74, 6) is -14.1. The van der Waals surface area contributed by atoms with E-state index in [9.17, 15) is 35.5 Å². The van der Waals surface area contributed by atoms with Gasteiger partial charge in [0.15, 0.2) is 23.3 Å². The highest BCUT2D eigenvalue weighted by Gasteiger charge is 2.26. The number of nitrogens with one attached hydrogen (secondary N) is 2. The summed E-state index contributed by atoms with van der Waals surface area (Å²) in [5.41, 5.74) is 1.82. The largest absolute Gasteiger partial charge is 0.293 e. The van der Waals surface area contributed by atoms with Gasteiger partial charge in [-0.25, -0.2) is 30.7 Å². The SMILES string of the molecule is O=C(CSc1cc(F)ccc1F)NNc1c(F)c(F)c(F)c(F)c1F. The maximum atomic E-state index is 13.4. The summed E-state index contributed by atoms with van der Waals surface area (Å²) in [7, 11) is 0. The van der Waals surface area contributed by atoms with Crippen molar-refractivity contribution in [3.8, 4) is 0 Å². The van der Waals surface area contributed by atoms with Crippen LogP contribution in [0.5, 0.6) is 0 Å². The number of carbonyl (C=O) groups excluding carboxylic acids is 1. The topological polar surface area (TPSA) is 41.1 Å². The van der Waals surface area contributed by atoms with Crippen molar-refractivity contribution in [1.82, 2.24) is 5.43 Å². The van der Waals surface area contributed by atoms with E-state index >= 15 is 0 Å². The van der Waals surface area contributed by atoms with Gasteiger partial charge in [0.25, 0.3) is 0 Å². The van der Waals surface area contributed by atoms with E-state index in [1.165, 1.54) is 0 Å². The Labute approximate surface area is 140 Å². The number of benzene rings is 2. The summed E-state index contributed by atoms with van der Waals surface area (Å²) < 4.78 is 91.9. The number of anilines is 1. The van der Waals surface area contributed by atoms with E-state index in [4.69, 9.17) is 0 Å². The van der Waals surface area contributed by atoms with Crippen molar-refractivity contribution in [2.45, 2.75) is 4.90 Å². The van der Waals surface area contributed by atoms with Crippen molar-refractivity contribution < 1.29 is 35.5 Å². The first-order valence-corrected chi connectivity index (χ1v) is 7.35. The minimum absolute atomic E-state index is 0.202. The lowest BCUT2D eigenvalue weighted by Gasteiger charge is -2.12. The van der Waals surface area contributed by atoms with Gasteiger partial charge < -0.3 is 0 Å². The van der Waals surface area contributed by atoms with Crippen LogP contribution < -0.4 is 10.9 Å². The van der Waals surface area contributed by atoms with E-state index in [0.717, 1.165) is 18.2 Å². The first kappa shape index (κ1) is 18.9. The second kappa shape index (κ2) is 7.64. The molecular weight excluding hydrogens is 377 g/mol. The minimum Gasteiger partial charge on any atom is -0.293 e. The summed E-state index contributed by atoms with van der Waals surface area (Å²) in [6.07, 6.45) is 0. The molecule has 0 radical (unpaired) electrons. The molecule has 11 heteroatoms. The Morgan fingerprint density at radius 2 is 1.44 bits per heavy atom. The summed E-state index contributed by atoms with van der Waals surface area (Å²) >= 11 is 0.559.